The molecule has 0 aliphatic carbocycles. The van der Waals surface area contributed by atoms with Crippen molar-refractivity contribution in [1.82, 2.24) is 4.90 Å². The van der Waals surface area contributed by atoms with Crippen molar-refractivity contribution in [3.8, 4) is 11.5 Å². The minimum Gasteiger partial charge on any atom is -0.497 e. The molecule has 0 fully saturated rings. The van der Waals surface area contributed by atoms with Crippen LogP contribution in [0.2, 0.25) is 5.02 Å². The van der Waals surface area contributed by atoms with Crippen molar-refractivity contribution in [2.45, 2.75) is 25.9 Å². The summed E-state index contributed by atoms with van der Waals surface area (Å²) in [7, 11) is 3.00. The summed E-state index contributed by atoms with van der Waals surface area (Å²) in [4.78, 5) is 55.1. The van der Waals surface area contributed by atoms with E-state index in [0.29, 0.717) is 27.9 Å². The van der Waals surface area contributed by atoms with E-state index >= 15 is 0 Å². The predicted octanol–water partition coefficient (Wildman–Crippen LogP) is 4.33. The maximum atomic E-state index is 13.8. The maximum Gasteiger partial charge on any atom is 0.299 e. The molecule has 1 heterocycles. The third kappa shape index (κ3) is 5.88. The molecule has 3 aromatic carbocycles. The molecule has 39 heavy (non-hydrogen) atoms. The number of ether oxygens (including phenoxy) is 2. The molecule has 202 valence electrons. The fourth-order valence-corrected chi connectivity index (χ4v) is 4.58. The van der Waals surface area contributed by atoms with Gasteiger partial charge in [0.15, 0.2) is 0 Å². The van der Waals surface area contributed by atoms with Gasteiger partial charge in [0, 0.05) is 17.6 Å². The number of Topliss-reactive ketones (excluding diaryl/α,β-unsaturated/α-hetero) is 1. The van der Waals surface area contributed by atoms with Gasteiger partial charge < -0.3 is 19.7 Å². The van der Waals surface area contributed by atoms with Crippen LogP contribution >= 0.6 is 11.6 Å². The summed E-state index contributed by atoms with van der Waals surface area (Å²) in [5, 5.41) is 3.38. The first-order valence-corrected chi connectivity index (χ1v) is 12.7. The molecule has 9 nitrogen and oxygen atoms in total. The van der Waals surface area contributed by atoms with Crippen molar-refractivity contribution in [3.05, 3.63) is 82.9 Å². The number of ketones is 1. The van der Waals surface area contributed by atoms with Gasteiger partial charge in [-0.05, 0) is 48.4 Å². The zero-order valence-corrected chi connectivity index (χ0v) is 22.5. The molecule has 0 saturated heterocycles. The SMILES string of the molecule is CCC(C(=O)Nc1ccc(OC)cc1OC)N(Cc1ccc(Cl)cc1)C(=O)CN1C(=O)C(=O)c2ccccc21. The summed E-state index contributed by atoms with van der Waals surface area (Å²) in [6.45, 7) is 1.47. The summed E-state index contributed by atoms with van der Waals surface area (Å²) in [5.74, 6) is -1.43. The number of hydrogen-bond acceptors (Lipinski definition) is 6. The second-order valence-electron chi connectivity index (χ2n) is 8.87. The van der Waals surface area contributed by atoms with Gasteiger partial charge in [-0.3, -0.25) is 24.1 Å². The molecule has 0 aromatic heterocycles. The number of fused-ring (bicyclic) bond motifs is 1. The molecular weight excluding hydrogens is 522 g/mol. The number of carbonyl (C=O) groups is 4. The van der Waals surface area contributed by atoms with E-state index in [1.807, 2.05) is 0 Å². The summed E-state index contributed by atoms with van der Waals surface area (Å²) >= 11 is 6.04. The second-order valence-corrected chi connectivity index (χ2v) is 9.30. The van der Waals surface area contributed by atoms with Crippen LogP contribution in [-0.4, -0.2) is 55.2 Å². The molecule has 1 aliphatic rings. The van der Waals surface area contributed by atoms with Gasteiger partial charge in [-0.25, -0.2) is 0 Å². The number of anilines is 2. The van der Waals surface area contributed by atoms with E-state index < -0.39 is 36.1 Å². The van der Waals surface area contributed by atoms with Crippen LogP contribution in [0.15, 0.2) is 66.7 Å². The highest BCUT2D eigenvalue weighted by Crippen LogP contribution is 2.31. The van der Waals surface area contributed by atoms with Gasteiger partial charge in [-0.2, -0.15) is 0 Å². The van der Waals surface area contributed by atoms with E-state index in [0.717, 1.165) is 10.5 Å². The lowest BCUT2D eigenvalue weighted by Gasteiger charge is -2.32. The summed E-state index contributed by atoms with van der Waals surface area (Å²) in [5.41, 5.74) is 1.77. The molecule has 0 spiro atoms. The maximum absolute atomic E-state index is 13.8. The first-order chi connectivity index (χ1) is 18.8. The number of nitrogens with one attached hydrogen (secondary N) is 1. The van der Waals surface area contributed by atoms with Crippen LogP contribution in [0.4, 0.5) is 11.4 Å². The third-order valence-electron chi connectivity index (χ3n) is 6.49. The normalized spacial score (nSPS) is 13.1. The summed E-state index contributed by atoms with van der Waals surface area (Å²) in [6, 6.07) is 17.5. The van der Waals surface area contributed by atoms with Crippen molar-refractivity contribution < 1.29 is 28.7 Å². The Morgan fingerprint density at radius 3 is 2.38 bits per heavy atom. The predicted molar refractivity (Wildman–Crippen MR) is 147 cm³/mol. The summed E-state index contributed by atoms with van der Waals surface area (Å²) < 4.78 is 10.6. The molecule has 1 aliphatic heterocycles. The molecule has 0 saturated carbocycles. The molecule has 3 aromatic rings. The number of benzene rings is 3. The van der Waals surface area contributed by atoms with Crippen LogP contribution in [-0.2, 0) is 20.9 Å². The van der Waals surface area contributed by atoms with Gasteiger partial charge in [0.2, 0.25) is 11.8 Å². The van der Waals surface area contributed by atoms with Gasteiger partial charge in [0.25, 0.3) is 11.7 Å². The Hall–Kier alpha value is -4.37. The lowest BCUT2D eigenvalue weighted by Crippen LogP contribution is -2.50. The van der Waals surface area contributed by atoms with Crippen LogP contribution < -0.4 is 19.7 Å². The minimum absolute atomic E-state index is 0.0826. The number of hydrogen-bond donors (Lipinski definition) is 1. The molecule has 1 N–H and O–H groups in total. The second kappa shape index (κ2) is 12.0. The number of halogens is 1. The Morgan fingerprint density at radius 1 is 1.00 bits per heavy atom. The Balaban J connectivity index is 1.63. The number of para-hydroxylation sites is 1. The lowest BCUT2D eigenvalue weighted by molar-refractivity contribution is -0.138. The van der Waals surface area contributed by atoms with Gasteiger partial charge in [0.05, 0.1) is 31.2 Å². The van der Waals surface area contributed by atoms with Gasteiger partial charge in [-0.15, -0.1) is 0 Å². The standard InChI is InChI=1S/C29H28ClN3O6/c1-4-23(28(36)31-22-14-13-20(38-2)15-25(22)39-3)32(16-18-9-11-19(30)12-10-18)26(34)17-33-24-8-6-5-7-21(24)27(35)29(33)37/h5-15,23H,4,16-17H2,1-3H3,(H,31,36). The molecule has 1 unspecified atom stereocenters. The highest BCUT2D eigenvalue weighted by atomic mass is 35.5. The smallest absolute Gasteiger partial charge is 0.299 e. The van der Waals surface area contributed by atoms with E-state index in [1.54, 1.807) is 73.7 Å². The van der Waals surface area contributed by atoms with Crippen molar-refractivity contribution >= 4 is 46.5 Å². The van der Waals surface area contributed by atoms with Crippen molar-refractivity contribution in [2.75, 3.05) is 31.0 Å². The molecule has 0 radical (unpaired) electrons. The van der Waals surface area contributed by atoms with Crippen LogP contribution in [0.25, 0.3) is 0 Å². The number of rotatable bonds is 10. The van der Waals surface area contributed by atoms with E-state index in [1.165, 1.54) is 19.1 Å². The average molecular weight is 550 g/mol. The first-order valence-electron chi connectivity index (χ1n) is 12.3. The van der Waals surface area contributed by atoms with Gasteiger partial charge in [-0.1, -0.05) is 42.8 Å². The average Bonchev–Trinajstić information content (AvgIpc) is 3.19. The van der Waals surface area contributed by atoms with Crippen molar-refractivity contribution in [3.63, 3.8) is 0 Å². The van der Waals surface area contributed by atoms with E-state index in [-0.39, 0.29) is 18.5 Å². The third-order valence-corrected chi connectivity index (χ3v) is 6.74. The Bertz CT molecular complexity index is 1410. The molecule has 4 rings (SSSR count). The largest absolute Gasteiger partial charge is 0.497 e. The van der Waals surface area contributed by atoms with Crippen LogP contribution in [0.5, 0.6) is 11.5 Å². The Kier molecular flexibility index (Phi) is 8.51. The van der Waals surface area contributed by atoms with Gasteiger partial charge >= 0.3 is 0 Å². The minimum atomic E-state index is -0.899. The number of carbonyl (C=O) groups excluding carboxylic acids is 4. The lowest BCUT2D eigenvalue weighted by atomic mass is 10.1. The fourth-order valence-electron chi connectivity index (χ4n) is 4.46. The first kappa shape index (κ1) is 27.7. The zero-order valence-electron chi connectivity index (χ0n) is 21.8. The highest BCUT2D eigenvalue weighted by molar-refractivity contribution is 6.52. The van der Waals surface area contributed by atoms with Crippen molar-refractivity contribution in [2.24, 2.45) is 0 Å². The number of amides is 3. The van der Waals surface area contributed by atoms with Crippen LogP contribution in [0.1, 0.15) is 29.3 Å². The highest BCUT2D eigenvalue weighted by Gasteiger charge is 2.38. The topological polar surface area (TPSA) is 105 Å². The van der Waals surface area contributed by atoms with E-state index in [4.69, 9.17) is 21.1 Å². The quantitative estimate of drug-likeness (QED) is 0.377. The van der Waals surface area contributed by atoms with E-state index in [9.17, 15) is 19.2 Å². The molecule has 1 atom stereocenters. The zero-order chi connectivity index (χ0) is 28.1. The Labute approximate surface area is 231 Å². The summed E-state index contributed by atoms with van der Waals surface area (Å²) in [6.07, 6.45) is 0.285. The van der Waals surface area contributed by atoms with Gasteiger partial charge in [0.1, 0.15) is 24.1 Å². The molecule has 10 heteroatoms. The monoisotopic (exact) mass is 549 g/mol. The molecule has 0 bridgehead atoms. The van der Waals surface area contributed by atoms with Crippen LogP contribution in [0.3, 0.4) is 0 Å². The number of nitrogens with zero attached hydrogens (tertiary/aromatic N) is 2. The number of methoxy groups -OCH3 is 2. The molecule has 3 amide bonds. The van der Waals surface area contributed by atoms with Crippen LogP contribution in [0, 0.1) is 0 Å². The molecular formula is C29H28ClN3O6. The fraction of sp³-hybridized carbons (Fsp3) is 0.241. The Morgan fingerprint density at radius 2 is 1.72 bits per heavy atom. The van der Waals surface area contributed by atoms with Crippen molar-refractivity contribution in [1.29, 1.82) is 0 Å². The van der Waals surface area contributed by atoms with E-state index in [2.05, 4.69) is 5.32 Å².